The van der Waals surface area contributed by atoms with Gasteiger partial charge in [0.1, 0.15) is 0 Å². The number of hydrogen-bond donors (Lipinski definition) is 3. The molecule has 0 saturated heterocycles. The van der Waals surface area contributed by atoms with E-state index in [1.54, 1.807) is 0 Å². The molecule has 0 atom stereocenters. The van der Waals surface area contributed by atoms with Gasteiger partial charge in [-0.2, -0.15) is 0 Å². The van der Waals surface area contributed by atoms with Crippen LogP contribution in [0.15, 0.2) is 0 Å². The monoisotopic (exact) mass is 222 g/mol. The van der Waals surface area contributed by atoms with Gasteiger partial charge in [-0.3, -0.25) is 0 Å². The molecule has 0 aromatic carbocycles. The third kappa shape index (κ3) is 76.7. The van der Waals surface area contributed by atoms with Gasteiger partial charge in [-0.15, -0.1) is 0 Å². The van der Waals surface area contributed by atoms with Gasteiger partial charge < -0.3 is 17.5 Å². The second-order valence-electron chi connectivity index (χ2n) is 0.513. The van der Waals surface area contributed by atoms with Crippen LogP contribution in [-0.4, -0.2) is 69.5 Å². The molecule has 0 aliphatic heterocycles. The van der Waals surface area contributed by atoms with Crippen molar-refractivity contribution in [1.29, 1.82) is 0 Å². The molecule has 0 unspecified atom stereocenters. The predicted molar refractivity (Wildman–Crippen MR) is 30.8 cm³/mol. The van der Waals surface area contributed by atoms with Gasteiger partial charge >= 0.3 is 62.6 Å². The molecule has 0 aromatic heterocycles. The van der Waals surface area contributed by atoms with Crippen LogP contribution in [0, 0.1) is 0 Å². The van der Waals surface area contributed by atoms with Gasteiger partial charge in [-0.1, -0.05) is 0 Å². The van der Waals surface area contributed by atoms with Crippen LogP contribution in [0.1, 0.15) is 2.85 Å². The second-order valence-corrected chi connectivity index (χ2v) is 1.54. The molecule has 0 aliphatic carbocycles. The van der Waals surface area contributed by atoms with E-state index >= 15 is 0 Å². The molecule has 0 spiro atoms. The van der Waals surface area contributed by atoms with E-state index in [1.165, 1.54) is 0 Å². The Balaban J connectivity index is -0.0000000133. The van der Waals surface area contributed by atoms with Crippen LogP contribution in [0.3, 0.4) is 0 Å². The molecule has 0 heterocycles. The summed E-state index contributed by atoms with van der Waals surface area (Å²) < 4.78 is 8.88. The molecule has 4 nitrogen and oxygen atoms in total. The maximum atomic E-state index is 8.88. The summed E-state index contributed by atoms with van der Waals surface area (Å²) in [5.41, 5.74) is 0. The van der Waals surface area contributed by atoms with Crippen LogP contribution in [0.5, 0.6) is 0 Å². The van der Waals surface area contributed by atoms with Gasteiger partial charge in [0.25, 0.3) is 0 Å². The fraction of sp³-hybridized carbons (Fsp3) is 0. The zero-order valence-corrected chi connectivity index (χ0v) is 8.61. The van der Waals surface area contributed by atoms with Crippen LogP contribution >= 0.6 is 7.82 Å². The van der Waals surface area contributed by atoms with Crippen LogP contribution in [0.2, 0.25) is 0 Å². The average Bonchev–Trinajstić information content (AvgIpc) is 0.722. The summed E-state index contributed by atoms with van der Waals surface area (Å²) in [6.07, 6.45) is 0. The summed E-state index contributed by atoms with van der Waals surface area (Å²) in [4.78, 5) is 21.6. The topological polar surface area (TPSA) is 77.8 Å². The molecule has 44 valence electrons. The summed E-state index contributed by atoms with van der Waals surface area (Å²) in [6, 6.07) is 0. The molecule has 0 amide bonds. The van der Waals surface area contributed by atoms with Gasteiger partial charge in [0.2, 0.25) is 0 Å². The summed E-state index contributed by atoms with van der Waals surface area (Å²) in [5, 5.41) is 0. The molecule has 7 heavy (non-hydrogen) atoms. The third-order valence-electron chi connectivity index (χ3n) is 0. The Labute approximate surface area is 84.0 Å². The average molecular weight is 221 g/mol. The number of rotatable bonds is 0. The van der Waals surface area contributed by atoms with Crippen molar-refractivity contribution in [2.75, 3.05) is 0 Å². The Kier molecular flexibility index (Phi) is 13.7. The molecular weight excluding hydrogens is 214 g/mol. The normalized spacial score (nSPS) is 8.43. The Hall–Kier alpha value is 1.89. The first-order valence-electron chi connectivity index (χ1n) is 0.783. The zero-order valence-electron chi connectivity index (χ0n) is 5.40. The fourth-order valence-electron chi connectivity index (χ4n) is 0. The Morgan fingerprint density at radius 1 is 1.29 bits per heavy atom. The molecular formula is H7CaO4PSe. The molecule has 0 radical (unpaired) electrons. The van der Waals surface area contributed by atoms with E-state index in [9.17, 15) is 0 Å². The van der Waals surface area contributed by atoms with Crippen LogP contribution in [0.25, 0.3) is 0 Å². The van der Waals surface area contributed by atoms with Gasteiger partial charge in [0.05, 0.1) is 0 Å². The second kappa shape index (κ2) is 6.02. The van der Waals surface area contributed by atoms with E-state index in [0.29, 0.717) is 0 Å². The minimum absolute atomic E-state index is 0. The molecule has 0 fully saturated rings. The predicted octanol–water partition coefficient (Wildman–Crippen LogP) is -2.00. The number of hydrogen-bond acceptors (Lipinski definition) is 1. The molecule has 0 aliphatic rings. The van der Waals surface area contributed by atoms with Crippen molar-refractivity contribution in [3.05, 3.63) is 0 Å². The van der Waals surface area contributed by atoms with Crippen molar-refractivity contribution < 1.29 is 22.1 Å². The quantitative estimate of drug-likeness (QED) is 0.326. The van der Waals surface area contributed by atoms with E-state index in [-0.39, 0.29) is 57.7 Å². The van der Waals surface area contributed by atoms with Gasteiger partial charge in [-0.25, -0.2) is 4.57 Å². The van der Waals surface area contributed by atoms with Crippen LogP contribution in [-0.2, 0) is 4.57 Å². The van der Waals surface area contributed by atoms with E-state index in [4.69, 9.17) is 19.2 Å². The zero-order chi connectivity index (χ0) is 4.50. The Bertz CT molecular complexity index is 64.7. The summed E-state index contributed by atoms with van der Waals surface area (Å²) in [6.45, 7) is 0. The molecule has 0 rings (SSSR count). The Morgan fingerprint density at radius 2 is 1.29 bits per heavy atom. The van der Waals surface area contributed by atoms with Crippen molar-refractivity contribution in [3.8, 4) is 0 Å². The van der Waals surface area contributed by atoms with Crippen molar-refractivity contribution in [2.24, 2.45) is 0 Å². The Morgan fingerprint density at radius 3 is 1.29 bits per heavy atom. The van der Waals surface area contributed by atoms with Crippen molar-refractivity contribution >= 4 is 62.6 Å². The van der Waals surface area contributed by atoms with Gasteiger partial charge in [0.15, 0.2) is 0 Å². The first kappa shape index (κ1) is 16.0. The summed E-state index contributed by atoms with van der Waals surface area (Å²) in [7, 11) is -4.64. The molecule has 7 heteroatoms. The maximum absolute atomic E-state index is 8.88. The van der Waals surface area contributed by atoms with E-state index < -0.39 is 7.82 Å². The minimum atomic E-state index is -4.64. The number of phosphoric acid groups is 1. The van der Waals surface area contributed by atoms with Crippen molar-refractivity contribution in [1.82, 2.24) is 0 Å². The van der Waals surface area contributed by atoms with Gasteiger partial charge in [-0.05, 0) is 0 Å². The summed E-state index contributed by atoms with van der Waals surface area (Å²) >= 11 is 0. The van der Waals surface area contributed by atoms with Crippen LogP contribution < -0.4 is 0 Å². The first-order valence-corrected chi connectivity index (χ1v) is 2.35. The van der Waals surface area contributed by atoms with E-state index in [1.807, 2.05) is 0 Å². The van der Waals surface area contributed by atoms with Crippen LogP contribution in [0.4, 0.5) is 0 Å². The van der Waals surface area contributed by atoms with E-state index in [2.05, 4.69) is 0 Å². The molecule has 0 bridgehead atoms. The fourth-order valence-corrected chi connectivity index (χ4v) is 0. The first-order chi connectivity index (χ1) is 2.00. The third-order valence-corrected chi connectivity index (χ3v) is 0. The van der Waals surface area contributed by atoms with Crippen molar-refractivity contribution in [2.45, 2.75) is 0 Å². The van der Waals surface area contributed by atoms with Crippen molar-refractivity contribution in [3.63, 3.8) is 0 Å². The van der Waals surface area contributed by atoms with Gasteiger partial charge in [0, 0.05) is 0 Å². The van der Waals surface area contributed by atoms with E-state index in [0.717, 1.165) is 0 Å². The molecule has 0 aromatic rings. The molecule has 0 saturated carbocycles. The summed E-state index contributed by atoms with van der Waals surface area (Å²) in [5.74, 6) is 0. The SMILES string of the molecule is O=P(O)(O)O.[Ca+2].[H-].[H-].[SeH2]. The molecule has 3 N–H and O–H groups in total. The standard InChI is InChI=1S/Ca.H3O4P.H2Se.2H/c;1-5(2,3)4;;;/h;(H3,1,2,3,4);1H2;;/q+2;;;2*-1.